The van der Waals surface area contributed by atoms with Gasteiger partial charge >= 0.3 is 0 Å². The molecule has 4 heteroatoms. The van der Waals surface area contributed by atoms with Crippen LogP contribution in [0.5, 0.6) is 5.75 Å². The molecule has 0 unspecified atom stereocenters. The Bertz CT molecular complexity index is 467. The highest BCUT2D eigenvalue weighted by atomic mass is 19.1. The number of nitrogens with one attached hydrogen (secondary N) is 1. The first-order chi connectivity index (χ1) is 8.69. The highest BCUT2D eigenvalue weighted by Gasteiger charge is 2.20. The summed E-state index contributed by atoms with van der Waals surface area (Å²) in [6.07, 6.45) is 5.41. The van der Waals surface area contributed by atoms with Crippen molar-refractivity contribution in [2.75, 3.05) is 13.7 Å². The minimum atomic E-state index is -0.432. The molecule has 1 aromatic carbocycles. The summed E-state index contributed by atoms with van der Waals surface area (Å²) in [6, 6.07) is 4.58. The van der Waals surface area contributed by atoms with Gasteiger partial charge in [0.25, 0.3) is 0 Å². The molecule has 1 aliphatic rings. The molecule has 1 saturated carbocycles. The van der Waals surface area contributed by atoms with Gasteiger partial charge < -0.3 is 10.1 Å². The van der Waals surface area contributed by atoms with E-state index in [1.54, 1.807) is 12.1 Å². The maximum absolute atomic E-state index is 13.4. The van der Waals surface area contributed by atoms with Gasteiger partial charge in [-0.05, 0) is 42.5 Å². The number of rotatable bonds is 5. The summed E-state index contributed by atoms with van der Waals surface area (Å²) in [5.74, 6) is 0.280. The van der Waals surface area contributed by atoms with Crippen molar-refractivity contribution in [2.24, 2.45) is 5.92 Å². The van der Waals surface area contributed by atoms with Crippen LogP contribution in [0.25, 0.3) is 6.08 Å². The van der Waals surface area contributed by atoms with Gasteiger partial charge in [0, 0.05) is 12.6 Å². The van der Waals surface area contributed by atoms with Crippen LogP contribution in [-0.4, -0.2) is 19.6 Å². The fourth-order valence-corrected chi connectivity index (χ4v) is 1.58. The number of halogens is 1. The average molecular weight is 249 g/mol. The Kier molecular flexibility index (Phi) is 3.97. The molecular formula is C14H16FNO2. The van der Waals surface area contributed by atoms with Crippen molar-refractivity contribution in [2.45, 2.75) is 12.8 Å². The van der Waals surface area contributed by atoms with E-state index in [0.717, 1.165) is 6.54 Å². The van der Waals surface area contributed by atoms with Crippen molar-refractivity contribution in [3.63, 3.8) is 0 Å². The Hall–Kier alpha value is -1.84. The number of hydrogen-bond acceptors (Lipinski definition) is 2. The Morgan fingerprint density at radius 2 is 2.33 bits per heavy atom. The van der Waals surface area contributed by atoms with Crippen LogP contribution in [0.2, 0.25) is 0 Å². The lowest BCUT2D eigenvalue weighted by atomic mass is 10.2. The Labute approximate surface area is 106 Å². The van der Waals surface area contributed by atoms with Gasteiger partial charge in [-0.2, -0.15) is 0 Å². The first-order valence-corrected chi connectivity index (χ1v) is 5.98. The van der Waals surface area contributed by atoms with Gasteiger partial charge in [0.05, 0.1) is 7.11 Å². The number of benzene rings is 1. The van der Waals surface area contributed by atoms with Gasteiger partial charge in [0.15, 0.2) is 11.6 Å². The van der Waals surface area contributed by atoms with Gasteiger partial charge in [0.2, 0.25) is 5.91 Å². The number of hydrogen-bond donors (Lipinski definition) is 1. The summed E-state index contributed by atoms with van der Waals surface area (Å²) in [5.41, 5.74) is 0.634. The lowest BCUT2D eigenvalue weighted by Crippen LogP contribution is -2.23. The van der Waals surface area contributed by atoms with E-state index in [9.17, 15) is 9.18 Å². The van der Waals surface area contributed by atoms with Crippen LogP contribution in [0.1, 0.15) is 18.4 Å². The summed E-state index contributed by atoms with van der Waals surface area (Å²) < 4.78 is 18.2. The first-order valence-electron chi connectivity index (χ1n) is 5.98. The van der Waals surface area contributed by atoms with E-state index in [1.165, 1.54) is 38.2 Å². The molecule has 1 fully saturated rings. The Morgan fingerprint density at radius 3 is 2.94 bits per heavy atom. The number of carbonyl (C=O) groups excluding carboxylic acids is 1. The van der Waals surface area contributed by atoms with Crippen LogP contribution in [0.4, 0.5) is 4.39 Å². The van der Waals surface area contributed by atoms with Crippen LogP contribution in [0.15, 0.2) is 24.3 Å². The van der Waals surface area contributed by atoms with E-state index in [-0.39, 0.29) is 11.7 Å². The summed E-state index contributed by atoms with van der Waals surface area (Å²) in [5, 5.41) is 2.81. The topological polar surface area (TPSA) is 38.3 Å². The largest absolute Gasteiger partial charge is 0.494 e. The van der Waals surface area contributed by atoms with Crippen LogP contribution in [0, 0.1) is 11.7 Å². The van der Waals surface area contributed by atoms with Crippen LogP contribution >= 0.6 is 0 Å². The third kappa shape index (κ3) is 3.58. The molecule has 0 aliphatic heterocycles. The van der Waals surface area contributed by atoms with Crippen molar-refractivity contribution >= 4 is 12.0 Å². The molecule has 0 spiro atoms. The first kappa shape index (κ1) is 12.6. The summed E-state index contributed by atoms with van der Waals surface area (Å²) >= 11 is 0. The van der Waals surface area contributed by atoms with E-state index in [1.807, 2.05) is 0 Å². The van der Waals surface area contributed by atoms with Gasteiger partial charge in [-0.3, -0.25) is 4.79 Å². The van der Waals surface area contributed by atoms with Crippen LogP contribution in [-0.2, 0) is 4.79 Å². The molecule has 1 amide bonds. The smallest absolute Gasteiger partial charge is 0.244 e. The molecule has 0 aromatic heterocycles. The summed E-state index contributed by atoms with van der Waals surface area (Å²) in [4.78, 5) is 11.4. The maximum atomic E-state index is 13.4. The molecule has 0 atom stereocenters. The van der Waals surface area contributed by atoms with E-state index in [0.29, 0.717) is 11.5 Å². The Morgan fingerprint density at radius 1 is 1.56 bits per heavy atom. The molecule has 1 N–H and O–H groups in total. The fourth-order valence-electron chi connectivity index (χ4n) is 1.58. The van der Waals surface area contributed by atoms with Gasteiger partial charge in [-0.1, -0.05) is 6.07 Å². The minimum absolute atomic E-state index is 0.141. The van der Waals surface area contributed by atoms with Gasteiger partial charge in [0.1, 0.15) is 0 Å². The second kappa shape index (κ2) is 5.67. The van der Waals surface area contributed by atoms with Crippen molar-refractivity contribution in [1.82, 2.24) is 5.32 Å². The zero-order valence-corrected chi connectivity index (χ0v) is 10.3. The van der Waals surface area contributed by atoms with Crippen molar-refractivity contribution in [1.29, 1.82) is 0 Å². The average Bonchev–Trinajstić information content (AvgIpc) is 3.18. The highest BCUT2D eigenvalue weighted by molar-refractivity contribution is 5.91. The number of methoxy groups -OCH3 is 1. The van der Waals surface area contributed by atoms with Gasteiger partial charge in [-0.25, -0.2) is 4.39 Å². The van der Waals surface area contributed by atoms with E-state index in [2.05, 4.69) is 5.32 Å². The number of ether oxygens (including phenoxy) is 1. The molecule has 0 radical (unpaired) electrons. The lowest BCUT2D eigenvalue weighted by Gasteiger charge is -2.02. The molecule has 2 rings (SSSR count). The highest BCUT2D eigenvalue weighted by Crippen LogP contribution is 2.27. The molecule has 0 heterocycles. The normalized spacial score (nSPS) is 14.8. The summed E-state index contributed by atoms with van der Waals surface area (Å²) in [6.45, 7) is 0.736. The van der Waals surface area contributed by atoms with Crippen LogP contribution < -0.4 is 10.1 Å². The van der Waals surface area contributed by atoms with Crippen molar-refractivity contribution in [3.05, 3.63) is 35.7 Å². The molecule has 3 nitrogen and oxygen atoms in total. The number of amides is 1. The second-order valence-electron chi connectivity index (χ2n) is 4.42. The lowest BCUT2D eigenvalue weighted by molar-refractivity contribution is -0.116. The zero-order chi connectivity index (χ0) is 13.0. The molecule has 96 valence electrons. The monoisotopic (exact) mass is 249 g/mol. The van der Waals surface area contributed by atoms with Crippen molar-refractivity contribution < 1.29 is 13.9 Å². The molecular weight excluding hydrogens is 233 g/mol. The van der Waals surface area contributed by atoms with E-state index >= 15 is 0 Å². The quantitative estimate of drug-likeness (QED) is 0.814. The van der Waals surface area contributed by atoms with E-state index < -0.39 is 5.82 Å². The SMILES string of the molecule is COc1ccc(/C=C/C(=O)NCC2CC2)cc1F. The second-order valence-corrected chi connectivity index (χ2v) is 4.42. The third-order valence-corrected chi connectivity index (χ3v) is 2.86. The van der Waals surface area contributed by atoms with Crippen LogP contribution in [0.3, 0.4) is 0 Å². The molecule has 1 aromatic rings. The van der Waals surface area contributed by atoms with E-state index in [4.69, 9.17) is 4.74 Å². The maximum Gasteiger partial charge on any atom is 0.244 e. The third-order valence-electron chi connectivity index (χ3n) is 2.86. The predicted octanol–water partition coefficient (Wildman–Crippen LogP) is 2.37. The summed E-state index contributed by atoms with van der Waals surface area (Å²) in [7, 11) is 1.42. The standard InChI is InChI=1S/C14H16FNO2/c1-18-13-6-4-10(8-12(13)15)5-7-14(17)16-9-11-2-3-11/h4-8,11H,2-3,9H2,1H3,(H,16,17)/b7-5+. The predicted molar refractivity (Wildman–Crippen MR) is 67.7 cm³/mol. The minimum Gasteiger partial charge on any atom is -0.494 e. The fraction of sp³-hybridized carbons (Fsp3) is 0.357. The molecule has 0 saturated heterocycles. The molecule has 18 heavy (non-hydrogen) atoms. The van der Waals surface area contributed by atoms with Gasteiger partial charge in [-0.15, -0.1) is 0 Å². The molecule has 1 aliphatic carbocycles. The zero-order valence-electron chi connectivity index (χ0n) is 10.3. The Balaban J connectivity index is 1.90. The van der Waals surface area contributed by atoms with Crippen molar-refractivity contribution in [3.8, 4) is 5.75 Å². The molecule has 0 bridgehead atoms. The number of carbonyl (C=O) groups is 1.